The van der Waals surface area contributed by atoms with Crippen LogP contribution in [0.4, 0.5) is 24.8 Å². The molecule has 2 aromatic heterocycles. The number of aromatic nitrogens is 5. The van der Waals surface area contributed by atoms with Crippen molar-refractivity contribution >= 4 is 40.0 Å². The van der Waals surface area contributed by atoms with Crippen LogP contribution in [0.3, 0.4) is 0 Å². The quantitative estimate of drug-likeness (QED) is 0.359. The maximum atomic E-state index is 12.3. The average Bonchev–Trinajstić information content (AvgIpc) is 3.46. The molecule has 3 heterocycles. The Kier molecular flexibility index (Phi) is 6.31. The van der Waals surface area contributed by atoms with Gasteiger partial charge in [0.2, 0.25) is 11.9 Å². The number of benzene rings is 2. The number of nitrogens with one attached hydrogen (secondary N) is 3. The van der Waals surface area contributed by atoms with Gasteiger partial charge in [-0.15, -0.1) is 5.10 Å². The minimum absolute atomic E-state index is 0.347. The lowest BCUT2D eigenvalue weighted by molar-refractivity contribution is -0.134. The summed E-state index contributed by atoms with van der Waals surface area (Å²) in [7, 11) is 1.78. The zero-order chi connectivity index (χ0) is 25.4. The SMILES string of the molecule is Cn1nc(-c2ccc3c(c2)CCN(C(=O)CNCC(F)(F)F)C3)nc1Nc1ccc2[nH]ncc2c1Cl. The molecule has 4 aromatic rings. The number of H-pyrrole nitrogens is 1. The number of carbonyl (C=O) groups is 1. The van der Waals surface area contributed by atoms with Gasteiger partial charge < -0.3 is 15.5 Å². The fraction of sp³-hybridized carbons (Fsp3) is 0.304. The van der Waals surface area contributed by atoms with Gasteiger partial charge in [-0.3, -0.25) is 9.89 Å². The molecule has 9 nitrogen and oxygen atoms in total. The van der Waals surface area contributed by atoms with Crippen LogP contribution in [0.25, 0.3) is 22.3 Å². The summed E-state index contributed by atoms with van der Waals surface area (Å²) in [6.07, 6.45) is -2.10. The van der Waals surface area contributed by atoms with Crippen molar-refractivity contribution in [3.63, 3.8) is 0 Å². The maximum Gasteiger partial charge on any atom is 0.401 e. The van der Waals surface area contributed by atoms with Crippen LogP contribution < -0.4 is 10.6 Å². The molecule has 0 atom stereocenters. The molecule has 1 aliphatic rings. The number of anilines is 2. The highest BCUT2D eigenvalue weighted by Crippen LogP contribution is 2.32. The van der Waals surface area contributed by atoms with Gasteiger partial charge in [0.15, 0.2) is 5.82 Å². The van der Waals surface area contributed by atoms with E-state index in [2.05, 4.69) is 30.9 Å². The van der Waals surface area contributed by atoms with E-state index in [1.165, 1.54) is 0 Å². The van der Waals surface area contributed by atoms with Gasteiger partial charge in [0, 0.05) is 31.1 Å². The van der Waals surface area contributed by atoms with Crippen molar-refractivity contribution in [2.24, 2.45) is 7.05 Å². The Bertz CT molecular complexity index is 1430. The molecule has 0 spiro atoms. The lowest BCUT2D eigenvalue weighted by Crippen LogP contribution is -2.43. The second-order valence-corrected chi connectivity index (χ2v) is 8.91. The summed E-state index contributed by atoms with van der Waals surface area (Å²) in [5.74, 6) is 0.678. The third kappa shape index (κ3) is 5.00. The number of hydrogen-bond donors (Lipinski definition) is 3. The average molecular weight is 519 g/mol. The minimum Gasteiger partial charge on any atom is -0.337 e. The Balaban J connectivity index is 1.28. The Hall–Kier alpha value is -3.64. The molecule has 0 saturated heterocycles. The Labute approximate surface area is 208 Å². The molecule has 3 N–H and O–H groups in total. The van der Waals surface area contributed by atoms with Crippen LogP contribution in [0, 0.1) is 0 Å². The highest BCUT2D eigenvalue weighted by Gasteiger charge is 2.28. The first-order chi connectivity index (χ1) is 17.2. The van der Waals surface area contributed by atoms with Crippen molar-refractivity contribution in [3.8, 4) is 11.4 Å². The van der Waals surface area contributed by atoms with E-state index in [-0.39, 0.29) is 12.5 Å². The summed E-state index contributed by atoms with van der Waals surface area (Å²) >= 11 is 6.51. The van der Waals surface area contributed by atoms with Crippen LogP contribution >= 0.6 is 11.6 Å². The normalized spacial score (nSPS) is 13.8. The molecule has 0 saturated carbocycles. The fourth-order valence-electron chi connectivity index (χ4n) is 4.14. The van der Waals surface area contributed by atoms with Crippen molar-refractivity contribution in [1.82, 2.24) is 35.2 Å². The lowest BCUT2D eigenvalue weighted by Gasteiger charge is -2.29. The number of rotatable bonds is 6. The lowest BCUT2D eigenvalue weighted by atomic mass is 9.97. The zero-order valence-electron chi connectivity index (χ0n) is 19.2. The first-order valence-corrected chi connectivity index (χ1v) is 11.5. The summed E-state index contributed by atoms with van der Waals surface area (Å²) < 4.78 is 38.5. The number of carbonyl (C=O) groups excluding carboxylic acids is 1. The van der Waals surface area contributed by atoms with E-state index >= 15 is 0 Å². The largest absolute Gasteiger partial charge is 0.401 e. The second-order valence-electron chi connectivity index (χ2n) is 8.53. The van der Waals surface area contributed by atoms with E-state index in [4.69, 9.17) is 11.6 Å². The number of fused-ring (bicyclic) bond motifs is 2. The van der Waals surface area contributed by atoms with Crippen molar-refractivity contribution in [2.75, 3.05) is 25.0 Å². The smallest absolute Gasteiger partial charge is 0.337 e. The molecule has 1 aliphatic heterocycles. The van der Waals surface area contributed by atoms with E-state index in [0.717, 1.165) is 27.6 Å². The topological polar surface area (TPSA) is 104 Å². The maximum absolute atomic E-state index is 12.3. The summed E-state index contributed by atoms with van der Waals surface area (Å²) in [6.45, 7) is -0.761. The van der Waals surface area contributed by atoms with Crippen LogP contribution in [0.1, 0.15) is 11.1 Å². The summed E-state index contributed by atoms with van der Waals surface area (Å²) in [5, 5.41) is 18.1. The van der Waals surface area contributed by atoms with Crippen molar-refractivity contribution < 1.29 is 18.0 Å². The second kappa shape index (κ2) is 9.43. The highest BCUT2D eigenvalue weighted by atomic mass is 35.5. The fourth-order valence-corrected chi connectivity index (χ4v) is 4.40. The molecule has 36 heavy (non-hydrogen) atoms. The van der Waals surface area contributed by atoms with Gasteiger partial charge in [-0.2, -0.15) is 23.3 Å². The number of aromatic amines is 1. The van der Waals surface area contributed by atoms with E-state index < -0.39 is 12.7 Å². The van der Waals surface area contributed by atoms with Crippen LogP contribution in [0.15, 0.2) is 36.5 Å². The van der Waals surface area contributed by atoms with Gasteiger partial charge in [0.25, 0.3) is 0 Å². The molecule has 2 aromatic carbocycles. The predicted octanol–water partition coefficient (Wildman–Crippen LogP) is 3.79. The van der Waals surface area contributed by atoms with Crippen LogP contribution in [0.5, 0.6) is 0 Å². The summed E-state index contributed by atoms with van der Waals surface area (Å²) in [5.41, 5.74) is 4.32. The van der Waals surface area contributed by atoms with Crippen LogP contribution in [-0.4, -0.2) is 61.6 Å². The number of alkyl halides is 3. The summed E-state index contributed by atoms with van der Waals surface area (Å²) in [4.78, 5) is 18.5. The first kappa shape index (κ1) is 24.1. The van der Waals surface area contributed by atoms with Gasteiger partial charge in [0.1, 0.15) is 0 Å². The molecule has 0 unspecified atom stereocenters. The molecule has 0 radical (unpaired) electrons. The Morgan fingerprint density at radius 3 is 2.86 bits per heavy atom. The third-order valence-corrected chi connectivity index (χ3v) is 6.41. The standard InChI is InChI=1S/C23H22ClF3N8O/c1-34-22(30-18-5-4-17-16(20(18)24)9-29-32-17)31-21(33-34)14-2-3-15-11-35(7-6-13(15)8-14)19(36)10-28-12-23(25,26)27/h2-5,8-9,28H,6-7,10-12H2,1H3,(H,29,32)(H,30,31,33). The van der Waals surface area contributed by atoms with Gasteiger partial charge in [-0.1, -0.05) is 23.7 Å². The molecule has 0 fully saturated rings. The summed E-state index contributed by atoms with van der Waals surface area (Å²) in [6, 6.07) is 9.47. The molecular formula is C23H22ClF3N8O. The van der Waals surface area contributed by atoms with E-state index in [9.17, 15) is 18.0 Å². The molecule has 1 amide bonds. The Morgan fingerprint density at radius 2 is 2.06 bits per heavy atom. The van der Waals surface area contributed by atoms with Gasteiger partial charge in [0.05, 0.1) is 35.5 Å². The Morgan fingerprint density at radius 1 is 1.22 bits per heavy atom. The van der Waals surface area contributed by atoms with E-state index in [0.29, 0.717) is 42.0 Å². The number of nitrogens with zero attached hydrogens (tertiary/aromatic N) is 5. The monoisotopic (exact) mass is 518 g/mol. The number of aryl methyl sites for hydroxylation is 1. The molecule has 5 rings (SSSR count). The van der Waals surface area contributed by atoms with Gasteiger partial charge in [-0.25, -0.2) is 4.68 Å². The number of amides is 1. The highest BCUT2D eigenvalue weighted by molar-refractivity contribution is 6.38. The molecule has 0 bridgehead atoms. The van der Waals surface area contributed by atoms with Crippen LogP contribution in [-0.2, 0) is 24.8 Å². The van der Waals surface area contributed by atoms with Gasteiger partial charge in [-0.05, 0) is 35.7 Å². The zero-order valence-corrected chi connectivity index (χ0v) is 19.9. The number of halogens is 4. The van der Waals surface area contributed by atoms with Crippen molar-refractivity contribution in [2.45, 2.75) is 19.1 Å². The van der Waals surface area contributed by atoms with E-state index in [1.807, 2.05) is 30.3 Å². The molecule has 0 aliphatic carbocycles. The third-order valence-electron chi connectivity index (χ3n) is 6.00. The molecule has 13 heteroatoms. The van der Waals surface area contributed by atoms with E-state index in [1.54, 1.807) is 22.8 Å². The predicted molar refractivity (Wildman–Crippen MR) is 129 cm³/mol. The molecular weight excluding hydrogens is 497 g/mol. The van der Waals surface area contributed by atoms with Gasteiger partial charge >= 0.3 is 6.18 Å². The number of hydrogen-bond acceptors (Lipinski definition) is 6. The minimum atomic E-state index is -4.35. The molecule has 188 valence electrons. The van der Waals surface area contributed by atoms with Crippen molar-refractivity contribution in [3.05, 3.63) is 52.7 Å². The van der Waals surface area contributed by atoms with Crippen LogP contribution in [0.2, 0.25) is 5.02 Å². The van der Waals surface area contributed by atoms with Crippen molar-refractivity contribution in [1.29, 1.82) is 0 Å². The first-order valence-electron chi connectivity index (χ1n) is 11.1.